The van der Waals surface area contributed by atoms with E-state index >= 15 is 4.79 Å². The van der Waals surface area contributed by atoms with Crippen molar-refractivity contribution in [2.75, 3.05) is 49.7 Å². The highest BCUT2D eigenvalue weighted by Crippen LogP contribution is 2.53. The lowest BCUT2D eigenvalue weighted by Gasteiger charge is -2.52. The molecule has 0 radical (unpaired) electrons. The zero-order chi connectivity index (χ0) is 68.1. The van der Waals surface area contributed by atoms with Gasteiger partial charge in [-0.25, -0.2) is 35.1 Å². The Hall–Kier alpha value is -6.06. The number of carbonyl (C=O) groups excluding carboxylic acids is 2. The molecular formula is C75H90Cl2F2N4O11S2. The highest BCUT2D eigenvalue weighted by atomic mass is 35.5. The van der Waals surface area contributed by atoms with E-state index in [4.69, 9.17) is 46.9 Å². The molecule has 7 aliphatic rings. The number of benzene rings is 5. The summed E-state index contributed by atoms with van der Waals surface area (Å²) in [6, 6.07) is 23.8. The van der Waals surface area contributed by atoms with Gasteiger partial charge in [-0.3, -0.25) is 9.59 Å². The van der Waals surface area contributed by atoms with Crippen molar-refractivity contribution in [3.8, 4) is 11.5 Å². The second-order valence-corrected chi connectivity index (χ2v) is 33.6. The molecule has 4 heterocycles. The number of anilines is 2. The Balaban J connectivity index is 0.974. The summed E-state index contributed by atoms with van der Waals surface area (Å²) in [5.74, 6) is -3.21. The van der Waals surface area contributed by atoms with Gasteiger partial charge in [0.15, 0.2) is 0 Å². The normalized spacial score (nSPS) is 30.8. The summed E-state index contributed by atoms with van der Waals surface area (Å²) < 4.78 is 127. The second kappa shape index (κ2) is 28.3. The lowest BCUT2D eigenvalue weighted by molar-refractivity contribution is -0.169. The molecule has 1 spiro atoms. The van der Waals surface area contributed by atoms with Gasteiger partial charge in [0.1, 0.15) is 35.3 Å². The first kappa shape index (κ1) is 69.8. The monoisotopic (exact) mass is 1390 g/mol. The Labute approximate surface area is 575 Å². The van der Waals surface area contributed by atoms with Gasteiger partial charge in [-0.1, -0.05) is 73.5 Å². The summed E-state index contributed by atoms with van der Waals surface area (Å²) in [6.45, 7) is 13.2. The molecule has 516 valence electrons. The predicted octanol–water partition coefficient (Wildman–Crippen LogP) is 14.6. The molecule has 2 saturated carbocycles. The van der Waals surface area contributed by atoms with Crippen molar-refractivity contribution in [1.29, 1.82) is 0 Å². The number of methoxy groups -OCH3 is 1. The fourth-order valence-electron chi connectivity index (χ4n) is 16.1. The standard InChI is InChI=1S/C75H90Cl2F2N4O11S2/c1-46-13-10-27-73(6,93-41-51-31-62(78)38-63(79)32-51)64-23-18-55(64)40-83-44-74(28-12-16-53-35-61(77)22-25-65(53)74)45-92-70-59(33-58(37-68(70)83)72(85)81-96(88,89)48(46)3)43-94-75(50(5)90-7)29-11-14-47(2)49(4)95(86,87)80-71(84)54-20-26-69-67(36-54)82(39-56-19-24-66(56)75)30-9-8-15-52-34-60(76)21-17-57(52)42-91-69/h10-11,17,20-22,25-27,29,31-38,46-50,55-56,64,66H,8-9,12-16,18-19,23-24,28,30,39-45H2,1-7H3,(H,80,84)(H,81,85)/b27-10+,29-11+/t46-,47-,48+,49+,50+,55-,56-,64+,66+,73+,74-,75+/m0/s1. The van der Waals surface area contributed by atoms with Gasteiger partial charge in [-0.15, -0.1) is 0 Å². The second-order valence-electron chi connectivity index (χ2n) is 28.6. The number of allylic oxidation sites excluding steroid dienone is 2. The van der Waals surface area contributed by atoms with Crippen LogP contribution in [0, 0.1) is 47.1 Å². The predicted molar refractivity (Wildman–Crippen MR) is 371 cm³/mol. The van der Waals surface area contributed by atoms with Crippen LogP contribution in [-0.4, -0.2) is 96.4 Å². The minimum absolute atomic E-state index is 0.00406. The maximum atomic E-state index is 15.1. The molecule has 4 bridgehead atoms. The van der Waals surface area contributed by atoms with Crippen molar-refractivity contribution < 1.29 is 58.9 Å². The smallest absolute Gasteiger partial charge is 0.264 e. The Morgan fingerprint density at radius 1 is 0.667 bits per heavy atom. The third kappa shape index (κ3) is 14.4. The average molecular weight is 1400 g/mol. The van der Waals surface area contributed by atoms with Gasteiger partial charge in [0.05, 0.1) is 53.4 Å². The minimum Gasteiger partial charge on any atom is -0.490 e. The number of hydrogen-bond donors (Lipinski definition) is 2. The van der Waals surface area contributed by atoms with Gasteiger partial charge >= 0.3 is 0 Å². The molecule has 0 unspecified atom stereocenters. The number of nitrogens with zero attached hydrogens (tertiary/aromatic N) is 2. The van der Waals surface area contributed by atoms with Crippen molar-refractivity contribution in [3.63, 3.8) is 0 Å². The van der Waals surface area contributed by atoms with Crippen LogP contribution in [0.25, 0.3) is 0 Å². The van der Waals surface area contributed by atoms with Crippen molar-refractivity contribution in [3.05, 3.63) is 175 Å². The summed E-state index contributed by atoms with van der Waals surface area (Å²) in [6.07, 6.45) is 15.9. The number of rotatable bonds is 8. The molecule has 12 rings (SSSR count). The van der Waals surface area contributed by atoms with Gasteiger partial charge in [0.25, 0.3) is 11.8 Å². The van der Waals surface area contributed by atoms with E-state index in [1.54, 1.807) is 51.3 Å². The number of halogens is 4. The molecule has 0 saturated heterocycles. The van der Waals surface area contributed by atoms with Crippen molar-refractivity contribution in [2.24, 2.45) is 35.5 Å². The molecular weight excluding hydrogens is 1310 g/mol. The third-order valence-electron chi connectivity index (χ3n) is 22.6. The Kier molecular flexibility index (Phi) is 20.6. The first-order valence-corrected chi connectivity index (χ1v) is 38.0. The van der Waals surface area contributed by atoms with Gasteiger partial charge < -0.3 is 33.5 Å². The number of fused-ring (bicyclic) bond motifs is 7. The Bertz CT molecular complexity index is 4040. The molecule has 12 atom stereocenters. The van der Waals surface area contributed by atoms with Crippen molar-refractivity contribution in [2.45, 2.75) is 172 Å². The third-order valence-corrected chi connectivity index (χ3v) is 26.9. The number of aryl methyl sites for hydroxylation is 2. The highest BCUT2D eigenvalue weighted by Gasteiger charge is 2.53. The molecule has 2 fully saturated rings. The fraction of sp³-hybridized carbons (Fsp3) is 0.520. The molecule has 21 heteroatoms. The maximum absolute atomic E-state index is 15.1. The zero-order valence-corrected chi connectivity index (χ0v) is 59.1. The summed E-state index contributed by atoms with van der Waals surface area (Å²) in [7, 11) is -6.88. The molecule has 5 aromatic carbocycles. The van der Waals surface area contributed by atoms with E-state index in [1.807, 2.05) is 82.3 Å². The van der Waals surface area contributed by atoms with Crippen LogP contribution in [0.1, 0.15) is 160 Å². The van der Waals surface area contributed by atoms with Crippen LogP contribution in [-0.2, 0) is 72.3 Å². The minimum atomic E-state index is -4.32. The van der Waals surface area contributed by atoms with E-state index in [-0.39, 0.29) is 61.2 Å². The molecule has 0 aromatic heterocycles. The lowest BCUT2D eigenvalue weighted by atomic mass is 9.62. The molecule has 5 aromatic rings. The molecule has 2 amide bonds. The summed E-state index contributed by atoms with van der Waals surface area (Å²) >= 11 is 13.3. The van der Waals surface area contributed by atoms with Crippen LogP contribution in [0.3, 0.4) is 0 Å². The zero-order valence-electron chi connectivity index (χ0n) is 55.9. The molecule has 4 aliphatic heterocycles. The van der Waals surface area contributed by atoms with Gasteiger partial charge in [0, 0.05) is 71.5 Å². The molecule has 3 aliphatic carbocycles. The Morgan fingerprint density at radius 3 is 1.99 bits per heavy atom. The number of amides is 2. The Morgan fingerprint density at radius 2 is 1.30 bits per heavy atom. The van der Waals surface area contributed by atoms with Crippen molar-refractivity contribution >= 4 is 66.4 Å². The first-order chi connectivity index (χ1) is 45.8. The van der Waals surface area contributed by atoms with E-state index < -0.39 is 88.6 Å². The van der Waals surface area contributed by atoms with E-state index in [0.29, 0.717) is 83.1 Å². The maximum Gasteiger partial charge on any atom is 0.264 e. The number of hydrogen-bond acceptors (Lipinski definition) is 13. The van der Waals surface area contributed by atoms with Crippen LogP contribution in [0.2, 0.25) is 10.0 Å². The van der Waals surface area contributed by atoms with Gasteiger partial charge in [0.2, 0.25) is 20.0 Å². The first-order valence-electron chi connectivity index (χ1n) is 34.1. The fourth-order valence-corrected chi connectivity index (χ4v) is 19.0. The molecule has 96 heavy (non-hydrogen) atoms. The largest absolute Gasteiger partial charge is 0.490 e. The molecule has 2 N–H and O–H groups in total. The van der Waals surface area contributed by atoms with Crippen LogP contribution >= 0.6 is 23.2 Å². The summed E-state index contributed by atoms with van der Waals surface area (Å²) in [4.78, 5) is 33.9. The van der Waals surface area contributed by atoms with Crippen LogP contribution in [0.4, 0.5) is 20.2 Å². The quantitative estimate of drug-likeness (QED) is 0.140. The van der Waals surface area contributed by atoms with Crippen molar-refractivity contribution in [1.82, 2.24) is 9.44 Å². The van der Waals surface area contributed by atoms with E-state index in [9.17, 15) is 30.4 Å². The SMILES string of the molecule is CO[C@H](C)[C@]1(OCc2cc3cc4c2OC[C@]2(CCCc5cc(Cl)ccc52)CN4C[C@@H]2CC[C@H]2[C@](C)(OCc2cc(F)cc(F)c2)/C=C/C[C@H](C)[C@@H](C)S(=O)(=O)NC3=O)/C=C/C[C@H](C)[C@@H](C)S(=O)(=O)NC(=O)c2ccc3c(c2)N(CCCCc2cc(Cl)ccc2CO3)C[C@@H]2CC[C@H]21. The number of sulfonamides is 2. The van der Waals surface area contributed by atoms with E-state index in [0.717, 1.165) is 92.5 Å². The lowest BCUT2D eigenvalue weighted by Crippen LogP contribution is -2.57. The number of ether oxygens (including phenoxy) is 5. The topological polar surface area (TPSA) is 179 Å². The summed E-state index contributed by atoms with van der Waals surface area (Å²) in [5.41, 5.74) is 3.95. The number of carbonyl (C=O) groups is 2. The van der Waals surface area contributed by atoms with Crippen LogP contribution < -0.4 is 28.7 Å². The van der Waals surface area contributed by atoms with Crippen LogP contribution in [0.5, 0.6) is 11.5 Å². The van der Waals surface area contributed by atoms with E-state index in [2.05, 4.69) is 25.3 Å². The van der Waals surface area contributed by atoms with E-state index in [1.165, 1.54) is 12.1 Å². The number of nitrogens with one attached hydrogen (secondary N) is 2. The van der Waals surface area contributed by atoms with Gasteiger partial charge in [-0.2, -0.15) is 0 Å². The van der Waals surface area contributed by atoms with Crippen LogP contribution in [0.15, 0.2) is 109 Å². The highest BCUT2D eigenvalue weighted by molar-refractivity contribution is 7.91. The van der Waals surface area contributed by atoms with Gasteiger partial charge in [-0.05, 0) is 235 Å². The summed E-state index contributed by atoms with van der Waals surface area (Å²) in [5, 5.41) is -0.752. The average Bonchev–Trinajstić information content (AvgIpc) is 1.51. The molecule has 15 nitrogen and oxygen atoms in total.